The minimum Gasteiger partial charge on any atom is -0.296 e. The van der Waals surface area contributed by atoms with E-state index in [1.807, 2.05) is 65.0 Å². The van der Waals surface area contributed by atoms with Gasteiger partial charge >= 0.3 is 0 Å². The molecular weight excluding hydrogens is 338 g/mol. The average molecular weight is 370 g/mol. The smallest absolute Gasteiger partial charge is 0.230 e. The van der Waals surface area contributed by atoms with E-state index in [1.54, 1.807) is 6.92 Å². The Labute approximate surface area is 162 Å². The first-order valence-electron chi connectivity index (χ1n) is 9.83. The van der Waals surface area contributed by atoms with Gasteiger partial charge in [-0.2, -0.15) is 0 Å². The Bertz CT molecular complexity index is 824. The third-order valence-corrected chi connectivity index (χ3v) is 4.54. The number of nitrogens with one attached hydrogen (secondary N) is 1. The molecule has 4 heteroatoms. The second-order valence-corrected chi connectivity index (χ2v) is 6.18. The summed E-state index contributed by atoms with van der Waals surface area (Å²) in [6.45, 7) is 11.6. The lowest BCUT2D eigenvalue weighted by Crippen LogP contribution is -2.41. The first kappa shape index (κ1) is 22.6. The van der Waals surface area contributed by atoms with Gasteiger partial charge in [0.15, 0.2) is 5.78 Å². The van der Waals surface area contributed by atoms with Gasteiger partial charge < -0.3 is 0 Å². The molecule has 1 aliphatic rings. The van der Waals surface area contributed by atoms with E-state index in [4.69, 9.17) is 0 Å². The van der Waals surface area contributed by atoms with E-state index in [1.165, 1.54) is 0 Å². The van der Waals surface area contributed by atoms with Gasteiger partial charge in [-0.3, -0.25) is 19.7 Å². The van der Waals surface area contributed by atoms with E-state index in [0.717, 1.165) is 21.9 Å². The highest BCUT2D eigenvalue weighted by molar-refractivity contribution is 6.09. The van der Waals surface area contributed by atoms with E-state index in [2.05, 4.69) is 5.32 Å². The predicted molar refractivity (Wildman–Crippen MR) is 111 cm³/mol. The maximum absolute atomic E-state index is 12.0. The van der Waals surface area contributed by atoms with Gasteiger partial charge in [0.25, 0.3) is 0 Å². The summed E-state index contributed by atoms with van der Waals surface area (Å²) in [5.74, 6) is -0.621. The number of Topliss-reactive ketones (excluding diaryl/α,β-unsaturated/α-hetero) is 1. The molecule has 27 heavy (non-hydrogen) atoms. The Kier molecular flexibility index (Phi) is 8.86. The zero-order valence-electron chi connectivity index (χ0n) is 17.3. The molecule has 0 radical (unpaired) electrons. The number of amides is 2. The van der Waals surface area contributed by atoms with E-state index in [-0.39, 0.29) is 23.5 Å². The van der Waals surface area contributed by atoms with Crippen molar-refractivity contribution in [3.8, 4) is 0 Å². The van der Waals surface area contributed by atoms with Gasteiger partial charge in [0.1, 0.15) is 0 Å². The molecule has 0 spiro atoms. The molecule has 1 heterocycles. The largest absolute Gasteiger partial charge is 0.296 e. The number of carbonyl (C=O) groups is 3. The fourth-order valence-corrected chi connectivity index (χ4v) is 3.29. The molecule has 1 aliphatic heterocycles. The molecule has 0 aromatic heterocycles. The van der Waals surface area contributed by atoms with Crippen LogP contribution in [0.2, 0.25) is 0 Å². The molecule has 1 fully saturated rings. The summed E-state index contributed by atoms with van der Waals surface area (Å²) in [4.78, 5) is 35.3. The molecule has 146 valence electrons. The zero-order chi connectivity index (χ0) is 20.6. The van der Waals surface area contributed by atoms with Crippen molar-refractivity contribution in [3.05, 3.63) is 47.0 Å². The molecule has 4 nitrogen and oxygen atoms in total. The predicted octanol–water partition coefficient (Wildman–Crippen LogP) is 5.00. The van der Waals surface area contributed by atoms with Crippen molar-refractivity contribution in [3.63, 3.8) is 0 Å². The van der Waals surface area contributed by atoms with Gasteiger partial charge in [0.2, 0.25) is 11.8 Å². The lowest BCUT2D eigenvalue weighted by Gasteiger charge is -2.22. The van der Waals surface area contributed by atoms with Gasteiger partial charge in [-0.05, 0) is 48.6 Å². The van der Waals surface area contributed by atoms with Crippen LogP contribution in [0.15, 0.2) is 30.3 Å². The summed E-state index contributed by atoms with van der Waals surface area (Å²) in [6.07, 6.45) is 1.47. The summed E-state index contributed by atoms with van der Waals surface area (Å²) < 4.78 is 0. The number of rotatable bonds is 3. The first-order valence-corrected chi connectivity index (χ1v) is 9.83. The summed E-state index contributed by atoms with van der Waals surface area (Å²) in [7, 11) is 0. The van der Waals surface area contributed by atoms with E-state index < -0.39 is 0 Å². The number of fused-ring (bicyclic) bond motifs is 1. The molecular formula is C23H31NO3. The monoisotopic (exact) mass is 369 g/mol. The Morgan fingerprint density at radius 1 is 1.07 bits per heavy atom. The molecule has 1 unspecified atom stereocenters. The van der Waals surface area contributed by atoms with Crippen molar-refractivity contribution in [2.24, 2.45) is 5.92 Å². The maximum atomic E-state index is 12.0. The Balaban J connectivity index is 0.000000855. The number of ketones is 1. The number of hydrogen-bond acceptors (Lipinski definition) is 3. The van der Waals surface area contributed by atoms with Crippen LogP contribution in [0.4, 0.5) is 0 Å². The van der Waals surface area contributed by atoms with Crippen molar-refractivity contribution in [2.45, 2.75) is 60.8 Å². The lowest BCUT2D eigenvalue weighted by atomic mass is 9.86. The number of piperidine rings is 1. The Morgan fingerprint density at radius 2 is 1.74 bits per heavy atom. The zero-order valence-corrected chi connectivity index (χ0v) is 17.3. The van der Waals surface area contributed by atoms with Crippen LogP contribution in [0.25, 0.3) is 10.8 Å². The second kappa shape index (κ2) is 10.6. The van der Waals surface area contributed by atoms with Crippen LogP contribution in [-0.2, 0) is 16.0 Å². The molecule has 2 aromatic rings. The van der Waals surface area contributed by atoms with Gasteiger partial charge in [-0.1, -0.05) is 58.0 Å². The first-order chi connectivity index (χ1) is 13.0. The third-order valence-electron chi connectivity index (χ3n) is 4.54. The second-order valence-electron chi connectivity index (χ2n) is 6.18. The van der Waals surface area contributed by atoms with E-state index in [9.17, 15) is 14.4 Å². The minimum atomic E-state index is -0.223. The number of carbonyl (C=O) groups excluding carboxylic acids is 3. The fourth-order valence-electron chi connectivity index (χ4n) is 3.29. The van der Waals surface area contributed by atoms with Crippen molar-refractivity contribution >= 4 is 28.4 Å². The molecule has 1 atom stereocenters. The summed E-state index contributed by atoms with van der Waals surface area (Å²) in [5, 5.41) is 4.38. The third kappa shape index (κ3) is 5.25. The van der Waals surface area contributed by atoms with Crippen LogP contribution in [0.5, 0.6) is 0 Å². The van der Waals surface area contributed by atoms with E-state index in [0.29, 0.717) is 24.8 Å². The van der Waals surface area contributed by atoms with Crippen LogP contribution in [0.3, 0.4) is 0 Å². The molecule has 2 aromatic carbocycles. The fraction of sp³-hybridized carbons (Fsp3) is 0.435. The summed E-state index contributed by atoms with van der Waals surface area (Å²) in [6, 6.07) is 9.74. The quantitative estimate of drug-likeness (QED) is 0.612. The summed E-state index contributed by atoms with van der Waals surface area (Å²) in [5.41, 5.74) is 2.79. The van der Waals surface area contributed by atoms with Crippen LogP contribution in [-0.4, -0.2) is 17.6 Å². The van der Waals surface area contributed by atoms with Crippen molar-refractivity contribution in [1.82, 2.24) is 5.32 Å². The standard InChI is InChI=1S/C19H19NO3.2C2H6/c1-11-6-7-13(10-14-8-9-17(22)20-19(14)23)18-15(11)4-3-5-16(18)12(2)21;2*1-2/h3-7,14H,8-10H2,1-2H3,(H,20,22,23);2*1-2H3. The molecule has 1 saturated heterocycles. The van der Waals surface area contributed by atoms with Crippen LogP contribution >= 0.6 is 0 Å². The van der Waals surface area contributed by atoms with Gasteiger partial charge in [-0.25, -0.2) is 0 Å². The molecule has 3 rings (SSSR count). The number of benzene rings is 2. The van der Waals surface area contributed by atoms with Crippen molar-refractivity contribution in [2.75, 3.05) is 0 Å². The highest BCUT2D eigenvalue weighted by atomic mass is 16.2. The SMILES string of the molecule is CC.CC.CC(=O)c1cccc2c(C)ccc(CC3CCC(=O)NC3=O)c12. The number of aryl methyl sites for hydroxylation is 1. The average Bonchev–Trinajstić information content (AvgIpc) is 2.68. The summed E-state index contributed by atoms with van der Waals surface area (Å²) >= 11 is 0. The van der Waals surface area contributed by atoms with Gasteiger partial charge in [0, 0.05) is 17.9 Å². The van der Waals surface area contributed by atoms with Gasteiger partial charge in [-0.15, -0.1) is 0 Å². The van der Waals surface area contributed by atoms with E-state index >= 15 is 0 Å². The highest BCUT2D eigenvalue weighted by Gasteiger charge is 2.27. The maximum Gasteiger partial charge on any atom is 0.230 e. The number of hydrogen-bond donors (Lipinski definition) is 1. The number of imide groups is 1. The van der Waals surface area contributed by atoms with Gasteiger partial charge in [0.05, 0.1) is 0 Å². The topological polar surface area (TPSA) is 63.2 Å². The van der Waals surface area contributed by atoms with Crippen LogP contribution in [0, 0.1) is 12.8 Å². The Morgan fingerprint density at radius 3 is 2.33 bits per heavy atom. The van der Waals surface area contributed by atoms with Crippen LogP contribution in [0.1, 0.15) is 68.9 Å². The highest BCUT2D eigenvalue weighted by Crippen LogP contribution is 2.29. The van der Waals surface area contributed by atoms with Crippen molar-refractivity contribution < 1.29 is 14.4 Å². The lowest BCUT2D eigenvalue weighted by molar-refractivity contribution is -0.136. The Hall–Kier alpha value is -2.49. The minimum absolute atomic E-state index is 0.0192. The molecule has 0 aliphatic carbocycles. The molecule has 2 amide bonds. The van der Waals surface area contributed by atoms with Crippen molar-refractivity contribution in [1.29, 1.82) is 0 Å². The normalized spacial score (nSPS) is 15.9. The molecule has 0 saturated carbocycles. The van der Waals surface area contributed by atoms with Crippen LogP contribution < -0.4 is 5.32 Å². The molecule has 0 bridgehead atoms. The molecule has 1 N–H and O–H groups in total.